The number of carbonyl (C=O) groups is 12. The lowest BCUT2D eigenvalue weighted by atomic mass is 9.95. The van der Waals surface area contributed by atoms with Gasteiger partial charge in [0.25, 0.3) is 17.7 Å². The molecule has 512 valence electrons. The lowest BCUT2D eigenvalue weighted by Gasteiger charge is -2.35. The van der Waals surface area contributed by atoms with Crippen LogP contribution in [0.15, 0.2) is 60.7 Å². The number of hydrogen-bond donors (Lipinski definition) is 7. The second-order valence-corrected chi connectivity index (χ2v) is 25.7. The molecule has 0 spiro atoms. The van der Waals surface area contributed by atoms with Crippen molar-refractivity contribution in [3.05, 3.63) is 71.8 Å². The fourth-order valence-corrected chi connectivity index (χ4v) is 11.1. The first-order valence-corrected chi connectivity index (χ1v) is 32.4. The molecule has 92 heavy (non-hydrogen) atoms. The van der Waals surface area contributed by atoms with Gasteiger partial charge in [-0.3, -0.25) is 57.7 Å². The number of amides is 13. The highest BCUT2D eigenvalue weighted by Gasteiger charge is 2.43. The van der Waals surface area contributed by atoms with Gasteiger partial charge < -0.3 is 56.6 Å². The summed E-state index contributed by atoms with van der Waals surface area (Å²) < 4.78 is 0. The summed E-state index contributed by atoms with van der Waals surface area (Å²) >= 11 is 0. The van der Waals surface area contributed by atoms with Crippen LogP contribution >= 0.6 is 0 Å². The Labute approximate surface area is 544 Å². The number of imide groups is 2. The van der Waals surface area contributed by atoms with Crippen LogP contribution in [0, 0.1) is 23.7 Å². The zero-order valence-electron chi connectivity index (χ0n) is 57.4. The van der Waals surface area contributed by atoms with E-state index in [4.69, 9.17) is 0 Å². The van der Waals surface area contributed by atoms with E-state index in [1.54, 1.807) is 70.3 Å². The van der Waals surface area contributed by atoms with Crippen LogP contribution in [-0.4, -0.2) is 221 Å². The average molecular weight is 1290 g/mol. The minimum atomic E-state index is -1.92. The van der Waals surface area contributed by atoms with Gasteiger partial charge in [0, 0.05) is 60.7 Å². The number of urea groups is 2. The van der Waals surface area contributed by atoms with Gasteiger partial charge in [-0.25, -0.2) is 9.59 Å². The highest BCUT2D eigenvalue weighted by Crippen LogP contribution is 2.21. The average Bonchev–Trinajstić information content (AvgIpc) is 1.43. The molecule has 13 amide bonds. The number of Topliss-reactive ketones (excluding diaryl/α,β-unsaturated/α-hetero) is 1. The van der Waals surface area contributed by atoms with Crippen LogP contribution in [0.4, 0.5) is 9.59 Å². The maximum absolute atomic E-state index is 14.6. The Balaban J connectivity index is 1.94. The first kappa shape index (κ1) is 78.4. The molecule has 1 saturated heterocycles. The minimum Gasteiger partial charge on any atom is -0.391 e. The van der Waals surface area contributed by atoms with Crippen LogP contribution in [0.25, 0.3) is 0 Å². The summed E-state index contributed by atoms with van der Waals surface area (Å²) in [5.41, 5.74) is 1.33. The van der Waals surface area contributed by atoms with Gasteiger partial charge in [0.1, 0.15) is 36.3 Å². The minimum absolute atomic E-state index is 0.0303. The Morgan fingerprint density at radius 2 is 1.02 bits per heavy atom. The molecule has 7 N–H and O–H groups in total. The van der Waals surface area contributed by atoms with Crippen molar-refractivity contribution in [1.82, 2.24) is 61.3 Å². The van der Waals surface area contributed by atoms with Crippen molar-refractivity contribution in [1.29, 1.82) is 0 Å². The molecule has 0 unspecified atom stereocenters. The topological polar surface area (TPSA) is 317 Å². The molecule has 0 aliphatic carbocycles. The molecule has 2 aromatic rings. The summed E-state index contributed by atoms with van der Waals surface area (Å²) in [6.07, 6.45) is 1.51. The zero-order valence-corrected chi connectivity index (χ0v) is 57.4. The number of rotatable bonds is 33. The standard InChI is InChI=1S/C67H106N12O13/c1-18-43(9)54(68-13)62(87)74(14)51(37-42(7)8)59(84)73-56(65(90)78-33-27-22-28-34-78)64(89)76(16)66(91)71-50(36-41(5)6)57(82)72-55(46(12)81)63(88)77(17)67(92)75(15)52(38-47-29-23-20-24-30-47)58(83)69-44(10)61(86)79(19-2)53(39-48-31-25-21-26-32-48)60(85)70-49(45(11)80)35-40(3)4/h20-21,23-26,29-32,40-44,46,49-56,68,81H,18-19,22,27-28,33-39H2,1-17H3,(H,69,83)(H,70,85)(H,71,91)(H,72,82)(H,73,84)/t43-,44-,46+,49-,50-,51-,52-,53-,54-,55-,56-/m0/s1. The van der Waals surface area contributed by atoms with Crippen molar-refractivity contribution in [2.24, 2.45) is 23.7 Å². The number of aliphatic hydroxyl groups excluding tert-OH is 1. The van der Waals surface area contributed by atoms with E-state index in [1.807, 2.05) is 59.7 Å². The van der Waals surface area contributed by atoms with Crippen LogP contribution in [-0.2, 0) is 60.8 Å². The van der Waals surface area contributed by atoms with Gasteiger partial charge in [0.15, 0.2) is 11.8 Å². The molecule has 0 saturated carbocycles. The number of aliphatic hydroxyl groups is 1. The Morgan fingerprint density at radius 1 is 0.522 bits per heavy atom. The Hall–Kier alpha value is -7.80. The predicted molar refractivity (Wildman–Crippen MR) is 350 cm³/mol. The fourth-order valence-electron chi connectivity index (χ4n) is 11.1. The lowest BCUT2D eigenvalue weighted by Crippen LogP contribution is -2.63. The number of ketones is 1. The monoisotopic (exact) mass is 1290 g/mol. The number of carbonyl (C=O) groups excluding carboxylic acids is 12. The van der Waals surface area contributed by atoms with Crippen LogP contribution in [0.1, 0.15) is 139 Å². The van der Waals surface area contributed by atoms with Gasteiger partial charge in [0.2, 0.25) is 35.4 Å². The second kappa shape index (κ2) is 37.6. The molecule has 1 aliphatic heterocycles. The van der Waals surface area contributed by atoms with E-state index in [-0.39, 0.29) is 80.7 Å². The van der Waals surface area contributed by atoms with Gasteiger partial charge in [-0.05, 0) is 108 Å². The highest BCUT2D eigenvalue weighted by atomic mass is 16.3. The molecule has 2 aromatic carbocycles. The molecule has 0 bridgehead atoms. The third-order valence-electron chi connectivity index (χ3n) is 16.8. The number of hydrogen-bond acceptors (Lipinski definition) is 14. The maximum Gasteiger partial charge on any atom is 0.326 e. The predicted octanol–water partition coefficient (Wildman–Crippen LogP) is 3.65. The van der Waals surface area contributed by atoms with Crippen molar-refractivity contribution >= 4 is 71.0 Å². The fraction of sp³-hybridized carbons (Fsp3) is 0.642. The number of likely N-dealkylation sites (tertiary alicyclic amines) is 1. The summed E-state index contributed by atoms with van der Waals surface area (Å²) in [6, 6.07) is 3.81. The van der Waals surface area contributed by atoms with E-state index in [0.29, 0.717) is 41.0 Å². The molecule has 1 fully saturated rings. The highest BCUT2D eigenvalue weighted by molar-refractivity contribution is 6.12. The largest absolute Gasteiger partial charge is 0.391 e. The number of nitrogens with one attached hydrogen (secondary N) is 6. The Morgan fingerprint density at radius 3 is 1.50 bits per heavy atom. The summed E-state index contributed by atoms with van der Waals surface area (Å²) in [5, 5.41) is 27.3. The number of nitrogens with zero attached hydrogens (tertiary/aromatic N) is 6. The first-order chi connectivity index (χ1) is 43.2. The number of benzene rings is 2. The first-order valence-electron chi connectivity index (χ1n) is 32.4. The molecule has 0 radical (unpaired) electrons. The van der Waals surface area contributed by atoms with Gasteiger partial charge in [-0.2, -0.15) is 0 Å². The van der Waals surface area contributed by atoms with Crippen molar-refractivity contribution in [2.75, 3.05) is 54.9 Å². The van der Waals surface area contributed by atoms with Crippen LogP contribution in [0.3, 0.4) is 0 Å². The normalized spacial score (nSPS) is 15.9. The van der Waals surface area contributed by atoms with Crippen LogP contribution in [0.2, 0.25) is 0 Å². The maximum atomic E-state index is 14.6. The lowest BCUT2D eigenvalue weighted by molar-refractivity contribution is -0.148. The molecule has 11 atom stereocenters. The molecule has 25 nitrogen and oxygen atoms in total. The summed E-state index contributed by atoms with van der Waals surface area (Å²) in [6.45, 7) is 21.2. The van der Waals surface area contributed by atoms with Crippen molar-refractivity contribution in [3.63, 3.8) is 0 Å². The molecule has 0 aromatic heterocycles. The van der Waals surface area contributed by atoms with Gasteiger partial charge >= 0.3 is 12.1 Å². The van der Waals surface area contributed by atoms with E-state index in [0.717, 1.165) is 31.0 Å². The SMILES string of the molecule is CC[C@H](C)[C@H](NC)C(=O)N(C)[C@@H](CC(C)C)C(=O)N[C@H](C(=O)N1CCCCC1)C(=O)N(C)C(=O)N[C@@H](CC(C)C)C(=O)N[C@H](C(=O)N(C)C(=O)N(C)[C@@H](Cc1ccccc1)C(=O)N[C@@H](C)C(=O)N(CC)[C@@H](Cc1ccccc1)C(=O)N[C@@H](CC(C)C)C(C)=O)[C@@H](C)O. The molecular formula is C67H106N12O13. The van der Waals surface area contributed by atoms with Crippen molar-refractivity contribution < 1.29 is 62.6 Å². The van der Waals surface area contributed by atoms with Gasteiger partial charge in [0.05, 0.1) is 18.2 Å². The van der Waals surface area contributed by atoms with Gasteiger partial charge in [-0.15, -0.1) is 0 Å². The number of likely N-dealkylation sites (N-methyl/N-ethyl adjacent to an activating group) is 6. The summed E-state index contributed by atoms with van der Waals surface area (Å²) in [4.78, 5) is 177. The van der Waals surface area contributed by atoms with E-state index < -0.39 is 120 Å². The third-order valence-corrected chi connectivity index (χ3v) is 16.8. The molecule has 3 rings (SSSR count). The van der Waals surface area contributed by atoms with E-state index >= 15 is 0 Å². The quantitative estimate of drug-likeness (QED) is 0.0502. The van der Waals surface area contributed by atoms with Crippen molar-refractivity contribution in [3.8, 4) is 0 Å². The molecule has 1 aliphatic rings. The third kappa shape index (κ3) is 22.8. The Bertz CT molecular complexity index is 2810. The van der Waals surface area contributed by atoms with E-state index in [1.165, 1.54) is 49.6 Å². The second-order valence-electron chi connectivity index (χ2n) is 25.7. The van der Waals surface area contributed by atoms with Crippen molar-refractivity contribution in [2.45, 2.75) is 201 Å². The Kier molecular flexibility index (Phi) is 32.1. The number of piperidine rings is 1. The van der Waals surface area contributed by atoms with Gasteiger partial charge in [-0.1, -0.05) is 122 Å². The van der Waals surface area contributed by atoms with E-state index in [2.05, 4.69) is 31.9 Å². The summed E-state index contributed by atoms with van der Waals surface area (Å²) in [5.74, 6) is -7.92. The van der Waals surface area contributed by atoms with Crippen LogP contribution < -0.4 is 31.9 Å². The molecule has 25 heteroatoms. The molecule has 1 heterocycles. The van der Waals surface area contributed by atoms with Crippen LogP contribution in [0.5, 0.6) is 0 Å². The molecular weight excluding hydrogens is 1180 g/mol. The zero-order chi connectivity index (χ0) is 69.4. The smallest absolute Gasteiger partial charge is 0.326 e. The van der Waals surface area contributed by atoms with E-state index in [9.17, 15) is 62.6 Å². The summed E-state index contributed by atoms with van der Waals surface area (Å²) in [7, 11) is 6.57.